The molecular weight excluding hydrogens is 155 g/mol. The average molecular weight is 167 g/mol. The van der Waals surface area contributed by atoms with Crippen molar-refractivity contribution in [3.05, 3.63) is 41.8 Å². The van der Waals surface area contributed by atoms with Gasteiger partial charge in [0, 0.05) is 0 Å². The SMILES string of the molecule is CCCc1ccc(F)cc1[CH]O. The Morgan fingerprint density at radius 3 is 2.83 bits per heavy atom. The topological polar surface area (TPSA) is 20.2 Å². The smallest absolute Gasteiger partial charge is 0.123 e. The van der Waals surface area contributed by atoms with Crippen molar-refractivity contribution in [3.63, 3.8) is 0 Å². The number of hydrogen-bond acceptors (Lipinski definition) is 1. The van der Waals surface area contributed by atoms with Crippen molar-refractivity contribution in [2.24, 2.45) is 0 Å². The summed E-state index contributed by atoms with van der Waals surface area (Å²) < 4.78 is 12.6. The maximum atomic E-state index is 12.6. The molecule has 0 atom stereocenters. The summed E-state index contributed by atoms with van der Waals surface area (Å²) in [6, 6.07) is 4.46. The fourth-order valence-electron chi connectivity index (χ4n) is 1.18. The number of hydrogen-bond donors (Lipinski definition) is 1. The largest absolute Gasteiger partial charge is 0.385 e. The predicted molar refractivity (Wildman–Crippen MR) is 45.7 cm³/mol. The first kappa shape index (κ1) is 9.20. The fraction of sp³-hybridized carbons (Fsp3) is 0.300. The van der Waals surface area contributed by atoms with Crippen molar-refractivity contribution in [2.75, 3.05) is 0 Å². The molecule has 65 valence electrons. The minimum atomic E-state index is -0.310. The normalized spacial score (nSPS) is 10.2. The van der Waals surface area contributed by atoms with Gasteiger partial charge in [-0.3, -0.25) is 0 Å². The van der Waals surface area contributed by atoms with Gasteiger partial charge in [-0.2, -0.15) is 0 Å². The highest BCUT2D eigenvalue weighted by atomic mass is 19.1. The molecule has 12 heavy (non-hydrogen) atoms. The van der Waals surface area contributed by atoms with Gasteiger partial charge < -0.3 is 5.11 Å². The first-order valence-electron chi connectivity index (χ1n) is 4.03. The average Bonchev–Trinajstić information content (AvgIpc) is 2.08. The van der Waals surface area contributed by atoms with Crippen LogP contribution in [0.4, 0.5) is 4.39 Å². The standard InChI is InChI=1S/C10H12FO/c1-2-3-8-4-5-10(11)6-9(8)7-12/h4-7,12H,2-3H2,1H3. The number of aliphatic hydroxyl groups excluding tert-OH is 1. The van der Waals surface area contributed by atoms with E-state index in [1.54, 1.807) is 6.07 Å². The van der Waals surface area contributed by atoms with Crippen molar-refractivity contribution >= 4 is 0 Å². The van der Waals surface area contributed by atoms with Gasteiger partial charge in [-0.25, -0.2) is 4.39 Å². The third-order valence-corrected chi connectivity index (χ3v) is 1.77. The van der Waals surface area contributed by atoms with E-state index in [9.17, 15) is 4.39 Å². The molecule has 0 spiro atoms. The Morgan fingerprint density at radius 2 is 2.25 bits per heavy atom. The Kier molecular flexibility index (Phi) is 3.23. The maximum absolute atomic E-state index is 12.6. The van der Waals surface area contributed by atoms with Gasteiger partial charge in [-0.05, 0) is 29.7 Å². The first-order chi connectivity index (χ1) is 5.77. The summed E-state index contributed by atoms with van der Waals surface area (Å²) in [6.45, 7) is 3.00. The van der Waals surface area contributed by atoms with Gasteiger partial charge in [-0.1, -0.05) is 19.4 Å². The molecule has 0 aliphatic rings. The third-order valence-electron chi connectivity index (χ3n) is 1.77. The lowest BCUT2D eigenvalue weighted by Crippen LogP contribution is -1.92. The minimum Gasteiger partial charge on any atom is -0.385 e. The second-order valence-corrected chi connectivity index (χ2v) is 2.72. The maximum Gasteiger partial charge on any atom is 0.123 e. The van der Waals surface area contributed by atoms with E-state index in [1.165, 1.54) is 12.1 Å². The Balaban J connectivity index is 2.94. The molecule has 1 aromatic carbocycles. The second kappa shape index (κ2) is 4.21. The van der Waals surface area contributed by atoms with Gasteiger partial charge in [-0.15, -0.1) is 0 Å². The van der Waals surface area contributed by atoms with Crippen LogP contribution in [-0.4, -0.2) is 5.11 Å². The molecule has 0 saturated carbocycles. The van der Waals surface area contributed by atoms with Gasteiger partial charge in [0.2, 0.25) is 0 Å². The van der Waals surface area contributed by atoms with Crippen LogP contribution in [0.1, 0.15) is 24.5 Å². The lowest BCUT2D eigenvalue weighted by atomic mass is 10.0. The number of aryl methyl sites for hydroxylation is 1. The fourth-order valence-corrected chi connectivity index (χ4v) is 1.18. The molecule has 0 aliphatic heterocycles. The first-order valence-corrected chi connectivity index (χ1v) is 4.03. The predicted octanol–water partition coefficient (Wildman–Crippen LogP) is 2.66. The highest BCUT2D eigenvalue weighted by molar-refractivity contribution is 5.31. The lowest BCUT2D eigenvalue weighted by molar-refractivity contribution is 0.412. The van der Waals surface area contributed by atoms with Crippen molar-refractivity contribution < 1.29 is 9.50 Å². The Hall–Kier alpha value is -0.890. The molecule has 0 unspecified atom stereocenters. The molecule has 1 nitrogen and oxygen atoms in total. The molecule has 1 N–H and O–H groups in total. The van der Waals surface area contributed by atoms with E-state index in [4.69, 9.17) is 5.11 Å². The molecule has 0 aliphatic carbocycles. The second-order valence-electron chi connectivity index (χ2n) is 2.72. The quantitative estimate of drug-likeness (QED) is 0.733. The summed E-state index contributed by atoms with van der Waals surface area (Å²) in [7, 11) is 0. The van der Waals surface area contributed by atoms with Crippen LogP contribution in [0.25, 0.3) is 0 Å². The molecule has 1 rings (SSSR count). The van der Waals surface area contributed by atoms with Crippen LogP contribution in [-0.2, 0) is 6.42 Å². The van der Waals surface area contributed by atoms with E-state index in [0.29, 0.717) is 5.56 Å². The van der Waals surface area contributed by atoms with Gasteiger partial charge in [0.15, 0.2) is 0 Å². The number of aliphatic hydroxyl groups is 1. The third kappa shape index (κ3) is 2.05. The molecule has 0 saturated heterocycles. The van der Waals surface area contributed by atoms with Crippen LogP contribution in [0.2, 0.25) is 0 Å². The molecule has 0 bridgehead atoms. The van der Waals surface area contributed by atoms with E-state index >= 15 is 0 Å². The molecule has 2 heteroatoms. The minimum absolute atomic E-state index is 0.310. The van der Waals surface area contributed by atoms with Crippen LogP contribution >= 0.6 is 0 Å². The van der Waals surface area contributed by atoms with Crippen molar-refractivity contribution in [2.45, 2.75) is 19.8 Å². The Bertz CT molecular complexity index is 258. The molecular formula is C10H12FO. The molecule has 1 aromatic rings. The Morgan fingerprint density at radius 1 is 1.50 bits per heavy atom. The number of halogens is 1. The molecule has 0 aromatic heterocycles. The monoisotopic (exact) mass is 167 g/mol. The van der Waals surface area contributed by atoms with Crippen LogP contribution in [0.5, 0.6) is 0 Å². The van der Waals surface area contributed by atoms with E-state index < -0.39 is 0 Å². The van der Waals surface area contributed by atoms with Crippen molar-refractivity contribution in [1.82, 2.24) is 0 Å². The lowest BCUT2D eigenvalue weighted by Gasteiger charge is -2.04. The van der Waals surface area contributed by atoms with Crippen LogP contribution < -0.4 is 0 Å². The summed E-state index contributed by atoms with van der Waals surface area (Å²) >= 11 is 0. The van der Waals surface area contributed by atoms with E-state index in [0.717, 1.165) is 25.0 Å². The van der Waals surface area contributed by atoms with Crippen molar-refractivity contribution in [3.8, 4) is 0 Å². The molecule has 1 radical (unpaired) electrons. The van der Waals surface area contributed by atoms with Gasteiger partial charge in [0.05, 0.1) is 0 Å². The highest BCUT2D eigenvalue weighted by Crippen LogP contribution is 2.13. The van der Waals surface area contributed by atoms with E-state index in [-0.39, 0.29) is 5.82 Å². The van der Waals surface area contributed by atoms with Gasteiger partial charge in [0.1, 0.15) is 12.4 Å². The summed E-state index contributed by atoms with van der Waals surface area (Å²) in [4.78, 5) is 0. The highest BCUT2D eigenvalue weighted by Gasteiger charge is 2.01. The van der Waals surface area contributed by atoms with Crippen molar-refractivity contribution in [1.29, 1.82) is 0 Å². The zero-order valence-electron chi connectivity index (χ0n) is 7.05. The molecule has 0 heterocycles. The summed E-state index contributed by atoms with van der Waals surface area (Å²) in [5.41, 5.74) is 1.57. The Labute approximate surface area is 71.9 Å². The summed E-state index contributed by atoms with van der Waals surface area (Å²) in [5, 5.41) is 8.78. The van der Waals surface area contributed by atoms with Gasteiger partial charge >= 0.3 is 0 Å². The van der Waals surface area contributed by atoms with E-state index in [1.807, 2.05) is 6.92 Å². The molecule has 0 amide bonds. The van der Waals surface area contributed by atoms with Gasteiger partial charge in [0.25, 0.3) is 0 Å². The van der Waals surface area contributed by atoms with E-state index in [2.05, 4.69) is 0 Å². The number of rotatable bonds is 3. The van der Waals surface area contributed by atoms with Crippen LogP contribution in [0.3, 0.4) is 0 Å². The van der Waals surface area contributed by atoms with Crippen LogP contribution in [0, 0.1) is 12.4 Å². The van der Waals surface area contributed by atoms with Crippen LogP contribution in [0.15, 0.2) is 18.2 Å². The zero-order chi connectivity index (χ0) is 8.97. The zero-order valence-corrected chi connectivity index (χ0v) is 7.05. The summed E-state index contributed by atoms with van der Waals surface area (Å²) in [6.07, 6.45) is 1.86. The molecule has 0 fully saturated rings. The summed E-state index contributed by atoms with van der Waals surface area (Å²) in [5.74, 6) is -0.310. The number of benzene rings is 1.